The third-order valence-corrected chi connectivity index (χ3v) is 6.48. The molecule has 1 heterocycles. The molecule has 0 amide bonds. The molecule has 20 heavy (non-hydrogen) atoms. The summed E-state index contributed by atoms with van der Waals surface area (Å²) >= 11 is 0. The van der Waals surface area contributed by atoms with Crippen molar-refractivity contribution in [2.75, 3.05) is 13.1 Å². The van der Waals surface area contributed by atoms with Crippen LogP contribution in [0.25, 0.3) is 0 Å². The normalized spacial score (nSPS) is 45.0. The lowest BCUT2D eigenvalue weighted by atomic mass is 9.52. The molecule has 0 N–H and O–H groups in total. The molecule has 0 aromatic carbocycles. The Hall–Kier alpha value is -0.810. The lowest BCUT2D eigenvalue weighted by Gasteiger charge is -2.53. The van der Waals surface area contributed by atoms with Crippen LogP contribution in [0.5, 0.6) is 0 Å². The van der Waals surface area contributed by atoms with Crippen molar-refractivity contribution in [2.45, 2.75) is 51.0 Å². The highest BCUT2D eigenvalue weighted by atomic mass is 15.2. The molecular weight excluding hydrogens is 244 g/mol. The quantitative estimate of drug-likeness (QED) is 0.733. The van der Waals surface area contributed by atoms with Crippen LogP contribution in [0, 0.1) is 40.9 Å². The number of hydrogen-bond acceptors (Lipinski definition) is 2. The van der Waals surface area contributed by atoms with Crippen LogP contribution in [-0.2, 0) is 0 Å². The average molecular weight is 270 g/mol. The van der Waals surface area contributed by atoms with Gasteiger partial charge in [0.25, 0.3) is 0 Å². The van der Waals surface area contributed by atoms with Gasteiger partial charge in [-0.05, 0) is 87.6 Å². The zero-order chi connectivity index (χ0) is 13.5. The molecule has 1 aliphatic heterocycles. The summed E-state index contributed by atoms with van der Waals surface area (Å²) in [6.45, 7) is 2.23. The van der Waals surface area contributed by atoms with E-state index < -0.39 is 0 Å². The van der Waals surface area contributed by atoms with Gasteiger partial charge in [-0.2, -0.15) is 5.26 Å². The van der Waals surface area contributed by atoms with Gasteiger partial charge in [0.15, 0.2) is 0 Å². The SMILES string of the molecule is N#CC(/C=C/C1C2CC3CC(C2)CC1C3)N1CCCC1. The maximum absolute atomic E-state index is 9.43. The maximum atomic E-state index is 9.43. The van der Waals surface area contributed by atoms with Gasteiger partial charge in [0.2, 0.25) is 0 Å². The van der Waals surface area contributed by atoms with Crippen LogP contribution in [0.2, 0.25) is 0 Å². The summed E-state index contributed by atoms with van der Waals surface area (Å²) in [4.78, 5) is 2.35. The van der Waals surface area contributed by atoms with E-state index in [9.17, 15) is 5.26 Å². The summed E-state index contributed by atoms with van der Waals surface area (Å²) in [7, 11) is 0. The smallest absolute Gasteiger partial charge is 0.116 e. The maximum Gasteiger partial charge on any atom is 0.116 e. The van der Waals surface area contributed by atoms with Gasteiger partial charge in [0.1, 0.15) is 6.04 Å². The van der Waals surface area contributed by atoms with Gasteiger partial charge in [-0.25, -0.2) is 0 Å². The number of nitrogens with zero attached hydrogens (tertiary/aromatic N) is 2. The summed E-state index contributed by atoms with van der Waals surface area (Å²) in [6.07, 6.45) is 14.7. The topological polar surface area (TPSA) is 27.0 Å². The minimum absolute atomic E-state index is 0.0367. The molecule has 2 nitrogen and oxygen atoms in total. The largest absolute Gasteiger partial charge is 0.285 e. The van der Waals surface area contributed by atoms with Crippen molar-refractivity contribution in [1.82, 2.24) is 4.90 Å². The van der Waals surface area contributed by atoms with Crippen molar-refractivity contribution >= 4 is 0 Å². The molecule has 1 unspecified atom stereocenters. The molecule has 5 rings (SSSR count). The first-order chi connectivity index (χ1) is 9.83. The van der Waals surface area contributed by atoms with Crippen LogP contribution >= 0.6 is 0 Å². The predicted molar refractivity (Wildman–Crippen MR) is 79.9 cm³/mol. The fourth-order valence-electron chi connectivity index (χ4n) is 5.78. The van der Waals surface area contributed by atoms with E-state index in [1.807, 2.05) is 0 Å². The Kier molecular flexibility index (Phi) is 3.34. The minimum Gasteiger partial charge on any atom is -0.285 e. The Morgan fingerprint density at radius 3 is 2.10 bits per heavy atom. The van der Waals surface area contributed by atoms with Crippen LogP contribution in [-0.4, -0.2) is 24.0 Å². The molecule has 0 radical (unpaired) electrons. The second-order valence-corrected chi connectivity index (χ2v) is 7.71. The summed E-state index contributed by atoms with van der Waals surface area (Å²) in [5.41, 5.74) is 0. The van der Waals surface area contributed by atoms with Crippen molar-refractivity contribution in [3.05, 3.63) is 12.2 Å². The lowest BCUT2D eigenvalue weighted by Crippen LogP contribution is -2.44. The number of rotatable bonds is 3. The highest BCUT2D eigenvalue weighted by Gasteiger charge is 2.47. The first kappa shape index (κ1) is 12.9. The molecule has 0 aromatic heterocycles. The molecule has 0 spiro atoms. The van der Waals surface area contributed by atoms with E-state index in [0.717, 1.165) is 42.7 Å². The Bertz CT molecular complexity index is 399. The number of allylic oxidation sites excluding steroid dienone is 1. The molecule has 5 aliphatic rings. The average Bonchev–Trinajstić information content (AvgIpc) is 2.95. The van der Waals surface area contributed by atoms with Gasteiger partial charge in [-0.1, -0.05) is 12.2 Å². The highest BCUT2D eigenvalue weighted by molar-refractivity contribution is 5.12. The van der Waals surface area contributed by atoms with Crippen LogP contribution in [0.3, 0.4) is 0 Å². The zero-order valence-corrected chi connectivity index (χ0v) is 12.4. The van der Waals surface area contributed by atoms with E-state index in [0.29, 0.717) is 0 Å². The molecule has 4 saturated carbocycles. The van der Waals surface area contributed by atoms with Crippen molar-refractivity contribution < 1.29 is 0 Å². The highest BCUT2D eigenvalue weighted by Crippen LogP contribution is 2.56. The Morgan fingerprint density at radius 2 is 1.55 bits per heavy atom. The molecule has 1 atom stereocenters. The Morgan fingerprint density at radius 1 is 0.950 bits per heavy atom. The number of hydrogen-bond donors (Lipinski definition) is 0. The second-order valence-electron chi connectivity index (χ2n) is 7.71. The molecule has 1 saturated heterocycles. The standard InChI is InChI=1S/C18H26N2/c19-12-17(20-5-1-2-6-20)3-4-18-15-8-13-7-14(10-15)11-16(18)9-13/h3-4,13-18H,1-2,5-11H2/b4-3+. The number of likely N-dealkylation sites (tertiary alicyclic amines) is 1. The van der Waals surface area contributed by atoms with Crippen LogP contribution < -0.4 is 0 Å². The van der Waals surface area contributed by atoms with E-state index >= 15 is 0 Å². The van der Waals surface area contributed by atoms with E-state index in [1.165, 1.54) is 44.9 Å². The summed E-state index contributed by atoms with van der Waals surface area (Å²) < 4.78 is 0. The Balaban J connectivity index is 1.45. The van der Waals surface area contributed by atoms with Gasteiger partial charge >= 0.3 is 0 Å². The van der Waals surface area contributed by atoms with Crippen LogP contribution in [0.4, 0.5) is 0 Å². The van der Waals surface area contributed by atoms with Crippen LogP contribution in [0.15, 0.2) is 12.2 Å². The fraction of sp³-hybridized carbons (Fsp3) is 0.833. The van der Waals surface area contributed by atoms with Gasteiger partial charge in [0.05, 0.1) is 6.07 Å². The van der Waals surface area contributed by atoms with Gasteiger partial charge in [-0.15, -0.1) is 0 Å². The molecule has 4 bridgehead atoms. The first-order valence-corrected chi connectivity index (χ1v) is 8.65. The molecule has 108 valence electrons. The van der Waals surface area contributed by atoms with Crippen molar-refractivity contribution in [3.63, 3.8) is 0 Å². The van der Waals surface area contributed by atoms with E-state index in [-0.39, 0.29) is 6.04 Å². The zero-order valence-electron chi connectivity index (χ0n) is 12.4. The van der Waals surface area contributed by atoms with Gasteiger partial charge in [-0.3, -0.25) is 4.90 Å². The summed E-state index contributed by atoms with van der Waals surface area (Å²) in [5.74, 6) is 4.78. The Labute approximate surface area is 122 Å². The van der Waals surface area contributed by atoms with Crippen LogP contribution in [0.1, 0.15) is 44.9 Å². The van der Waals surface area contributed by atoms with E-state index in [2.05, 4.69) is 23.1 Å². The molecular formula is C18H26N2. The van der Waals surface area contributed by atoms with Crippen molar-refractivity contribution in [3.8, 4) is 6.07 Å². The van der Waals surface area contributed by atoms with Crippen molar-refractivity contribution in [1.29, 1.82) is 5.26 Å². The molecule has 2 heteroatoms. The second kappa shape index (κ2) is 5.19. The van der Waals surface area contributed by atoms with Gasteiger partial charge in [0, 0.05) is 0 Å². The summed E-state index contributed by atoms with van der Waals surface area (Å²) in [6, 6.07) is 2.54. The third-order valence-electron chi connectivity index (χ3n) is 6.48. The predicted octanol–water partition coefficient (Wildman–Crippen LogP) is 3.60. The summed E-state index contributed by atoms with van der Waals surface area (Å²) in [5, 5.41) is 9.43. The van der Waals surface area contributed by atoms with E-state index in [4.69, 9.17) is 0 Å². The molecule has 4 aliphatic carbocycles. The van der Waals surface area contributed by atoms with E-state index in [1.54, 1.807) is 0 Å². The third kappa shape index (κ3) is 2.21. The monoisotopic (exact) mass is 270 g/mol. The number of nitriles is 1. The minimum atomic E-state index is 0.0367. The molecule has 5 fully saturated rings. The lowest BCUT2D eigenvalue weighted by molar-refractivity contribution is -0.0163. The van der Waals surface area contributed by atoms with Gasteiger partial charge < -0.3 is 0 Å². The first-order valence-electron chi connectivity index (χ1n) is 8.65. The van der Waals surface area contributed by atoms with Crippen molar-refractivity contribution in [2.24, 2.45) is 29.6 Å². The molecule has 0 aromatic rings. The fourth-order valence-corrected chi connectivity index (χ4v) is 5.78.